The molecule has 0 aliphatic carbocycles. The normalized spacial score (nSPS) is 22.1. The van der Waals surface area contributed by atoms with Crippen molar-refractivity contribution in [1.29, 1.82) is 0 Å². The highest BCUT2D eigenvalue weighted by atomic mass is 32.1. The molecule has 4 rings (SSSR count). The second-order valence-electron chi connectivity index (χ2n) is 5.93. The van der Waals surface area contributed by atoms with E-state index in [-0.39, 0.29) is 11.9 Å². The molecule has 2 aromatic heterocycles. The Hall–Kier alpha value is -1.21. The molecule has 1 unspecified atom stereocenters. The Morgan fingerprint density at radius 3 is 2.83 bits per heavy atom. The topological polar surface area (TPSA) is 32.8 Å². The third kappa shape index (κ3) is 3.08. The van der Waals surface area contributed by atoms with Crippen molar-refractivity contribution < 1.29 is 9.53 Å². The van der Waals surface area contributed by atoms with Gasteiger partial charge in [-0.15, -0.1) is 22.7 Å². The summed E-state index contributed by atoms with van der Waals surface area (Å²) in [5, 5.41) is 4.30. The average molecular weight is 348 g/mol. The predicted molar refractivity (Wildman–Crippen MR) is 93.2 cm³/mol. The van der Waals surface area contributed by atoms with Gasteiger partial charge in [0.2, 0.25) is 5.91 Å². The first-order valence-corrected chi connectivity index (χ1v) is 9.78. The molecule has 2 aromatic rings. The van der Waals surface area contributed by atoms with Crippen LogP contribution in [0.1, 0.15) is 21.4 Å². The van der Waals surface area contributed by atoms with Crippen molar-refractivity contribution in [3.05, 3.63) is 44.3 Å². The van der Waals surface area contributed by atoms with Crippen LogP contribution in [-0.2, 0) is 16.0 Å². The zero-order valence-corrected chi connectivity index (χ0v) is 14.6. The van der Waals surface area contributed by atoms with E-state index in [0.717, 1.165) is 26.1 Å². The van der Waals surface area contributed by atoms with Gasteiger partial charge in [-0.3, -0.25) is 9.69 Å². The zero-order valence-electron chi connectivity index (χ0n) is 12.9. The fourth-order valence-corrected chi connectivity index (χ4v) is 5.19. The molecule has 0 spiro atoms. The molecule has 1 saturated heterocycles. The molecule has 0 radical (unpaired) electrons. The molecule has 0 aromatic carbocycles. The minimum Gasteiger partial charge on any atom is -0.378 e. The molecule has 0 N–H and O–H groups in total. The van der Waals surface area contributed by atoms with Crippen molar-refractivity contribution in [3.63, 3.8) is 0 Å². The molecule has 0 bridgehead atoms. The lowest BCUT2D eigenvalue weighted by Gasteiger charge is -2.37. The maximum absolute atomic E-state index is 12.7. The van der Waals surface area contributed by atoms with Gasteiger partial charge < -0.3 is 9.64 Å². The number of amides is 1. The number of rotatable bonds is 3. The Kier molecular flexibility index (Phi) is 4.48. The second-order valence-corrected chi connectivity index (χ2v) is 7.91. The summed E-state index contributed by atoms with van der Waals surface area (Å²) in [4.78, 5) is 19.8. The fraction of sp³-hybridized carbons (Fsp3) is 0.471. The molecule has 0 saturated carbocycles. The molecule has 122 valence electrons. The van der Waals surface area contributed by atoms with Gasteiger partial charge in [0.25, 0.3) is 0 Å². The van der Waals surface area contributed by atoms with Crippen LogP contribution in [0.4, 0.5) is 0 Å². The molecule has 1 fully saturated rings. The lowest BCUT2D eigenvalue weighted by molar-refractivity contribution is -0.137. The van der Waals surface area contributed by atoms with Gasteiger partial charge in [-0.05, 0) is 34.9 Å². The largest absolute Gasteiger partial charge is 0.378 e. The first kappa shape index (κ1) is 15.3. The highest BCUT2D eigenvalue weighted by molar-refractivity contribution is 7.10. The van der Waals surface area contributed by atoms with E-state index >= 15 is 0 Å². The molecule has 2 aliphatic heterocycles. The third-order valence-electron chi connectivity index (χ3n) is 4.58. The quantitative estimate of drug-likeness (QED) is 0.855. The van der Waals surface area contributed by atoms with Gasteiger partial charge >= 0.3 is 0 Å². The molecule has 23 heavy (non-hydrogen) atoms. The lowest BCUT2D eigenvalue weighted by atomic mass is 9.98. The van der Waals surface area contributed by atoms with E-state index in [0.29, 0.717) is 19.8 Å². The molecular formula is C17H20N2O2S2. The van der Waals surface area contributed by atoms with E-state index in [1.807, 2.05) is 16.2 Å². The van der Waals surface area contributed by atoms with Crippen LogP contribution in [0.15, 0.2) is 29.0 Å². The first-order chi connectivity index (χ1) is 11.3. The van der Waals surface area contributed by atoms with Gasteiger partial charge in [-0.1, -0.05) is 6.07 Å². The predicted octanol–water partition coefficient (Wildman–Crippen LogP) is 2.62. The summed E-state index contributed by atoms with van der Waals surface area (Å²) < 4.78 is 5.35. The lowest BCUT2D eigenvalue weighted by Crippen LogP contribution is -2.47. The monoisotopic (exact) mass is 348 g/mol. The smallest absolute Gasteiger partial charge is 0.236 e. The fourth-order valence-electron chi connectivity index (χ4n) is 3.41. The van der Waals surface area contributed by atoms with Crippen LogP contribution >= 0.6 is 22.7 Å². The average Bonchev–Trinajstić information content (AvgIpc) is 3.27. The van der Waals surface area contributed by atoms with E-state index in [4.69, 9.17) is 4.74 Å². The van der Waals surface area contributed by atoms with E-state index in [9.17, 15) is 4.79 Å². The van der Waals surface area contributed by atoms with Crippen molar-refractivity contribution in [2.75, 3.05) is 39.4 Å². The Labute approximate surface area is 144 Å². The zero-order chi connectivity index (χ0) is 15.6. The highest BCUT2D eigenvalue weighted by Gasteiger charge is 2.32. The van der Waals surface area contributed by atoms with Crippen LogP contribution in [0.3, 0.4) is 0 Å². The molecule has 2 aliphatic rings. The summed E-state index contributed by atoms with van der Waals surface area (Å²) >= 11 is 3.62. The van der Waals surface area contributed by atoms with Gasteiger partial charge in [0, 0.05) is 29.4 Å². The summed E-state index contributed by atoms with van der Waals surface area (Å²) in [6.45, 7) is 4.22. The van der Waals surface area contributed by atoms with E-state index in [2.05, 4.69) is 33.9 Å². The number of nitrogens with zero attached hydrogens (tertiary/aromatic N) is 2. The summed E-state index contributed by atoms with van der Waals surface area (Å²) in [6.07, 6.45) is 1.05. The minimum atomic E-state index is 0.230. The van der Waals surface area contributed by atoms with Crippen LogP contribution in [-0.4, -0.2) is 55.1 Å². The number of hydrogen-bond donors (Lipinski definition) is 0. The van der Waals surface area contributed by atoms with Crippen LogP contribution in [0.5, 0.6) is 0 Å². The highest BCUT2D eigenvalue weighted by Crippen LogP contribution is 2.39. The molecule has 6 heteroatoms. The maximum atomic E-state index is 12.7. The molecular weight excluding hydrogens is 328 g/mol. The van der Waals surface area contributed by atoms with Crippen molar-refractivity contribution in [2.24, 2.45) is 0 Å². The van der Waals surface area contributed by atoms with Gasteiger partial charge in [0.15, 0.2) is 0 Å². The van der Waals surface area contributed by atoms with Crippen LogP contribution < -0.4 is 0 Å². The second kappa shape index (κ2) is 6.73. The maximum Gasteiger partial charge on any atom is 0.236 e. The van der Waals surface area contributed by atoms with Gasteiger partial charge in [0.1, 0.15) is 0 Å². The SMILES string of the molecule is O=C(CN1CCc2sccc2C1c1cccs1)N1CCOCC1. The molecule has 4 heterocycles. The van der Waals surface area contributed by atoms with Gasteiger partial charge in [-0.25, -0.2) is 0 Å². The Bertz CT molecular complexity index is 662. The third-order valence-corrected chi connectivity index (χ3v) is 6.50. The Morgan fingerprint density at radius 1 is 1.17 bits per heavy atom. The minimum absolute atomic E-state index is 0.230. The van der Waals surface area contributed by atoms with Crippen LogP contribution in [0, 0.1) is 0 Å². The Morgan fingerprint density at radius 2 is 2.04 bits per heavy atom. The number of ether oxygens (including phenoxy) is 1. The van der Waals surface area contributed by atoms with Gasteiger partial charge in [0.05, 0.1) is 25.8 Å². The summed E-state index contributed by atoms with van der Waals surface area (Å²) in [5.41, 5.74) is 1.39. The standard InChI is InChI=1S/C17H20N2O2S2/c20-16(18-6-8-21-9-7-18)12-19-5-3-14-13(4-11-23-14)17(19)15-2-1-10-22-15/h1-2,4,10-11,17H,3,5-9,12H2. The molecule has 1 amide bonds. The van der Waals surface area contributed by atoms with Crippen molar-refractivity contribution in [1.82, 2.24) is 9.80 Å². The summed E-state index contributed by atoms with van der Waals surface area (Å²) in [6, 6.07) is 6.75. The number of carbonyl (C=O) groups is 1. The first-order valence-electron chi connectivity index (χ1n) is 8.02. The number of carbonyl (C=O) groups excluding carboxylic acids is 1. The van der Waals surface area contributed by atoms with Crippen molar-refractivity contribution in [2.45, 2.75) is 12.5 Å². The van der Waals surface area contributed by atoms with Crippen molar-refractivity contribution >= 4 is 28.6 Å². The Balaban J connectivity index is 1.56. The summed E-state index contributed by atoms with van der Waals surface area (Å²) in [5.74, 6) is 0.230. The number of morpholine rings is 1. The van der Waals surface area contributed by atoms with E-state index < -0.39 is 0 Å². The molecule has 4 nitrogen and oxygen atoms in total. The van der Waals surface area contributed by atoms with E-state index in [1.165, 1.54) is 15.3 Å². The van der Waals surface area contributed by atoms with Gasteiger partial charge in [-0.2, -0.15) is 0 Å². The number of fused-ring (bicyclic) bond motifs is 1. The number of hydrogen-bond acceptors (Lipinski definition) is 5. The van der Waals surface area contributed by atoms with Crippen LogP contribution in [0.2, 0.25) is 0 Å². The molecule has 1 atom stereocenters. The van der Waals surface area contributed by atoms with Crippen molar-refractivity contribution in [3.8, 4) is 0 Å². The summed E-state index contributed by atoms with van der Waals surface area (Å²) in [7, 11) is 0. The van der Waals surface area contributed by atoms with Crippen LogP contribution in [0.25, 0.3) is 0 Å². The number of thiophene rings is 2. The van der Waals surface area contributed by atoms with E-state index in [1.54, 1.807) is 11.3 Å².